The maximum atomic E-state index is 13.3. The Balaban J connectivity index is 0.000000174. The summed E-state index contributed by atoms with van der Waals surface area (Å²) in [5, 5.41) is 42.8. The minimum absolute atomic E-state index is 0.0407. The van der Waals surface area contributed by atoms with Gasteiger partial charge in [-0.2, -0.15) is 13.2 Å². The number of aromatic carboxylic acids is 2. The van der Waals surface area contributed by atoms with Crippen LogP contribution in [-0.2, 0) is 12.6 Å². The number of fused-ring (bicyclic) bond motifs is 4. The Morgan fingerprint density at radius 2 is 1.19 bits per heavy atom. The highest BCUT2D eigenvalue weighted by Crippen LogP contribution is 2.49. The number of hydrogen-bond acceptors (Lipinski definition) is 8. The molecular formula is C44H40F3N3O6S. The van der Waals surface area contributed by atoms with Crippen LogP contribution in [0, 0.1) is 0 Å². The van der Waals surface area contributed by atoms with Crippen LogP contribution in [-0.4, -0.2) is 88.5 Å². The number of aromatic hydroxyl groups is 2. The van der Waals surface area contributed by atoms with Gasteiger partial charge in [0.2, 0.25) is 0 Å². The second kappa shape index (κ2) is 16.4. The number of phenols is 2. The molecule has 1 fully saturated rings. The van der Waals surface area contributed by atoms with Crippen molar-refractivity contribution in [1.29, 1.82) is 0 Å². The highest BCUT2D eigenvalue weighted by atomic mass is 32.2. The van der Waals surface area contributed by atoms with Crippen LogP contribution >= 0.6 is 11.8 Å². The predicted octanol–water partition coefficient (Wildman–Crippen LogP) is 9.34. The van der Waals surface area contributed by atoms with Crippen LogP contribution in [0.25, 0.3) is 21.5 Å². The summed E-state index contributed by atoms with van der Waals surface area (Å²) in [5.74, 6) is -3.36. The summed E-state index contributed by atoms with van der Waals surface area (Å²) in [6.45, 7) is 5.92. The van der Waals surface area contributed by atoms with E-state index in [0.29, 0.717) is 44.9 Å². The molecule has 0 unspecified atom stereocenters. The predicted molar refractivity (Wildman–Crippen MR) is 216 cm³/mol. The van der Waals surface area contributed by atoms with Crippen molar-refractivity contribution in [2.45, 2.75) is 28.8 Å². The number of para-hydroxylation sites is 1. The fourth-order valence-electron chi connectivity index (χ4n) is 7.45. The molecule has 57 heavy (non-hydrogen) atoms. The van der Waals surface area contributed by atoms with E-state index in [0.717, 1.165) is 54.6 Å². The monoisotopic (exact) mass is 795 g/mol. The zero-order valence-corrected chi connectivity index (χ0v) is 31.8. The molecule has 6 aromatic rings. The van der Waals surface area contributed by atoms with E-state index in [-0.39, 0.29) is 17.5 Å². The van der Waals surface area contributed by atoms with Crippen LogP contribution in [0.4, 0.5) is 24.5 Å². The van der Waals surface area contributed by atoms with Crippen LogP contribution in [0.1, 0.15) is 43.8 Å². The maximum absolute atomic E-state index is 13.3. The van der Waals surface area contributed by atoms with Crippen molar-refractivity contribution in [2.24, 2.45) is 0 Å². The number of rotatable bonds is 8. The van der Waals surface area contributed by atoms with Gasteiger partial charge < -0.3 is 35.1 Å². The number of anilines is 2. The molecule has 9 nitrogen and oxygen atoms in total. The first-order valence-corrected chi connectivity index (χ1v) is 19.2. The Morgan fingerprint density at radius 3 is 1.75 bits per heavy atom. The number of likely N-dealkylation sites (N-methyl/N-ethyl adjacent to an activating group) is 1. The first-order valence-electron chi connectivity index (χ1n) is 18.4. The highest BCUT2D eigenvalue weighted by Gasteiger charge is 2.33. The SMILES string of the molecule is CN1CCN(CCCN2c3ccccc3Sc3ccc(C(F)(F)F)cc32)CC1.O=C(O)c1cc2ccccc2c(Cc2c(O)c(C(=O)O)cc3ccccc23)c1O. The summed E-state index contributed by atoms with van der Waals surface area (Å²) in [6, 6.07) is 28.8. The largest absolute Gasteiger partial charge is 0.507 e. The van der Waals surface area contributed by atoms with Gasteiger partial charge in [-0.05, 0) is 84.0 Å². The summed E-state index contributed by atoms with van der Waals surface area (Å²) in [6.07, 6.45) is -3.46. The lowest BCUT2D eigenvalue weighted by Gasteiger charge is -2.35. The Hall–Kier alpha value is -5.76. The third-order valence-corrected chi connectivity index (χ3v) is 11.6. The lowest BCUT2D eigenvalue weighted by molar-refractivity contribution is -0.137. The third-order valence-electron chi connectivity index (χ3n) is 10.5. The summed E-state index contributed by atoms with van der Waals surface area (Å²) in [5.41, 5.74) is 1.19. The van der Waals surface area contributed by atoms with Crippen molar-refractivity contribution < 1.29 is 43.2 Å². The van der Waals surface area contributed by atoms with Crippen LogP contribution in [0.15, 0.2) is 113 Å². The number of alkyl halides is 3. The van der Waals surface area contributed by atoms with Crippen LogP contribution in [0.5, 0.6) is 11.5 Å². The molecule has 0 bridgehead atoms. The molecule has 0 radical (unpaired) electrons. The Bertz CT molecular complexity index is 2380. The van der Waals surface area contributed by atoms with E-state index in [1.54, 1.807) is 66.4 Å². The molecule has 0 aromatic heterocycles. The van der Waals surface area contributed by atoms with Gasteiger partial charge in [0.1, 0.15) is 22.6 Å². The standard InChI is InChI=1S/C23H16O6.C21H24F3N3S/c24-20-16(14-7-3-1-5-12(14)9-18(20)22(26)27)11-17-15-8-4-2-6-13(15)10-19(21(17)25)23(28)29;1-25-11-13-26(14-12-25)9-4-10-27-17-5-2-3-6-19(17)28-20-8-7-16(15-18(20)27)21(22,23)24/h1-10,24-25H,11H2,(H,26,27)(H,28,29);2-3,5-8,15H,4,9-14H2,1H3. The fourth-order valence-corrected chi connectivity index (χ4v) is 8.53. The normalized spacial score (nSPS) is 14.5. The molecule has 4 N–H and O–H groups in total. The number of hydrogen-bond donors (Lipinski definition) is 4. The van der Waals surface area contributed by atoms with E-state index < -0.39 is 35.2 Å². The minimum Gasteiger partial charge on any atom is -0.507 e. The Labute approximate surface area is 331 Å². The Kier molecular flexibility index (Phi) is 11.3. The first kappa shape index (κ1) is 39.5. The van der Waals surface area contributed by atoms with Gasteiger partial charge >= 0.3 is 18.1 Å². The molecule has 2 aliphatic rings. The number of nitrogens with zero attached hydrogens (tertiary/aromatic N) is 3. The number of piperazine rings is 1. The Morgan fingerprint density at radius 1 is 0.667 bits per heavy atom. The number of carboxylic acids is 2. The van der Waals surface area contributed by atoms with E-state index in [4.69, 9.17) is 0 Å². The van der Waals surface area contributed by atoms with Crippen molar-refractivity contribution in [3.63, 3.8) is 0 Å². The van der Waals surface area contributed by atoms with Crippen LogP contribution in [0.2, 0.25) is 0 Å². The van der Waals surface area contributed by atoms with Gasteiger partial charge in [-0.3, -0.25) is 0 Å². The van der Waals surface area contributed by atoms with E-state index >= 15 is 0 Å². The van der Waals surface area contributed by atoms with Gasteiger partial charge in [0, 0.05) is 60.1 Å². The molecule has 294 valence electrons. The second-order valence-corrected chi connectivity index (χ2v) is 15.2. The summed E-state index contributed by atoms with van der Waals surface area (Å²) in [4.78, 5) is 32.0. The average molecular weight is 796 g/mol. The third kappa shape index (κ3) is 8.36. The molecule has 8 rings (SSSR count). The van der Waals surface area contributed by atoms with Gasteiger partial charge in [0.05, 0.1) is 16.9 Å². The smallest absolute Gasteiger partial charge is 0.416 e. The minimum atomic E-state index is -4.33. The highest BCUT2D eigenvalue weighted by molar-refractivity contribution is 7.99. The lowest BCUT2D eigenvalue weighted by Crippen LogP contribution is -2.45. The van der Waals surface area contributed by atoms with Crippen molar-refractivity contribution in [1.82, 2.24) is 9.80 Å². The first-order chi connectivity index (χ1) is 27.3. The van der Waals surface area contributed by atoms with Gasteiger partial charge in [0.15, 0.2) is 0 Å². The van der Waals surface area contributed by atoms with Crippen molar-refractivity contribution in [3.05, 3.63) is 131 Å². The number of carboxylic acid groups (broad SMARTS) is 2. The molecular weight excluding hydrogens is 756 g/mol. The summed E-state index contributed by atoms with van der Waals surface area (Å²) >= 11 is 1.54. The van der Waals surface area contributed by atoms with Gasteiger partial charge in [-0.25, -0.2) is 9.59 Å². The number of benzene rings is 6. The van der Waals surface area contributed by atoms with Gasteiger partial charge in [0.25, 0.3) is 0 Å². The fraction of sp³-hybridized carbons (Fsp3) is 0.227. The van der Waals surface area contributed by atoms with E-state index in [2.05, 4.69) is 21.7 Å². The van der Waals surface area contributed by atoms with Gasteiger partial charge in [-0.1, -0.05) is 72.4 Å². The molecule has 2 aliphatic heterocycles. The van der Waals surface area contributed by atoms with Crippen molar-refractivity contribution in [2.75, 3.05) is 51.2 Å². The average Bonchev–Trinajstić information content (AvgIpc) is 3.19. The molecule has 0 saturated carbocycles. The van der Waals surface area contributed by atoms with Gasteiger partial charge in [-0.15, -0.1) is 0 Å². The second-order valence-electron chi connectivity index (χ2n) is 14.1. The molecule has 6 aromatic carbocycles. The molecule has 0 spiro atoms. The summed E-state index contributed by atoms with van der Waals surface area (Å²) in [7, 11) is 2.13. The lowest BCUT2D eigenvalue weighted by atomic mass is 9.90. The summed E-state index contributed by atoms with van der Waals surface area (Å²) < 4.78 is 39.8. The van der Waals surface area contributed by atoms with E-state index in [1.165, 1.54) is 24.3 Å². The topological polar surface area (TPSA) is 125 Å². The molecule has 2 heterocycles. The van der Waals surface area contributed by atoms with Crippen molar-refractivity contribution in [3.8, 4) is 11.5 Å². The molecule has 0 aliphatic carbocycles. The molecule has 1 saturated heterocycles. The number of halogens is 3. The molecule has 13 heteroatoms. The molecule has 0 amide bonds. The van der Waals surface area contributed by atoms with Crippen molar-refractivity contribution >= 4 is 56.6 Å². The van der Waals surface area contributed by atoms with Crippen LogP contribution in [0.3, 0.4) is 0 Å². The zero-order chi connectivity index (χ0) is 40.4. The zero-order valence-electron chi connectivity index (χ0n) is 31.0. The van der Waals surface area contributed by atoms with Crippen LogP contribution < -0.4 is 4.90 Å². The van der Waals surface area contributed by atoms with E-state index in [1.807, 2.05) is 24.3 Å². The van der Waals surface area contributed by atoms with E-state index in [9.17, 15) is 43.2 Å². The maximum Gasteiger partial charge on any atom is 0.416 e. The number of carbonyl (C=O) groups is 2. The molecule has 0 atom stereocenters. The quantitative estimate of drug-likeness (QED) is 0.119.